The van der Waals surface area contributed by atoms with Crippen LogP contribution in [0.25, 0.3) is 0 Å². The van der Waals surface area contributed by atoms with Crippen LogP contribution in [0.15, 0.2) is 12.1 Å². The zero-order valence-electron chi connectivity index (χ0n) is 13.1. The molecule has 1 saturated carbocycles. The van der Waals surface area contributed by atoms with Crippen LogP contribution in [0.4, 0.5) is 4.39 Å². The molecule has 1 unspecified atom stereocenters. The minimum absolute atomic E-state index is 0.165. The van der Waals surface area contributed by atoms with Gasteiger partial charge in [0.1, 0.15) is 6.61 Å². The van der Waals surface area contributed by atoms with Crippen LogP contribution in [0.1, 0.15) is 49.0 Å². The number of nitrogens with zero attached hydrogens (tertiary/aromatic N) is 1. The summed E-state index contributed by atoms with van der Waals surface area (Å²) in [6.07, 6.45) is 4.28. The number of hydrogen-bond acceptors (Lipinski definition) is 3. The normalized spacial score (nSPS) is 21.4. The average molecular weight is 306 g/mol. The highest BCUT2D eigenvalue weighted by atomic mass is 19.1. The van der Waals surface area contributed by atoms with Gasteiger partial charge in [-0.15, -0.1) is 0 Å². The molecule has 0 saturated heterocycles. The lowest BCUT2D eigenvalue weighted by atomic mass is 9.87. The summed E-state index contributed by atoms with van der Waals surface area (Å²) in [6.45, 7) is 4.81. The molecule has 5 heteroatoms. The third kappa shape index (κ3) is 2.58. The predicted molar refractivity (Wildman–Crippen MR) is 82.5 cm³/mol. The summed E-state index contributed by atoms with van der Waals surface area (Å²) >= 11 is 0. The number of amides is 1. The van der Waals surface area contributed by atoms with Gasteiger partial charge in [0.15, 0.2) is 11.6 Å². The molecule has 22 heavy (non-hydrogen) atoms. The Labute approximate surface area is 130 Å². The number of hydrogen-bond donors (Lipinski definition) is 1. The van der Waals surface area contributed by atoms with Crippen LogP contribution in [-0.4, -0.2) is 35.5 Å². The van der Waals surface area contributed by atoms with E-state index in [1.165, 1.54) is 31.4 Å². The van der Waals surface area contributed by atoms with Crippen LogP contribution in [-0.2, 0) is 6.42 Å². The van der Waals surface area contributed by atoms with Gasteiger partial charge in [0, 0.05) is 29.3 Å². The lowest BCUT2D eigenvalue weighted by molar-refractivity contribution is 0.0184. The van der Waals surface area contributed by atoms with Gasteiger partial charge in [0.2, 0.25) is 5.91 Å². The highest BCUT2D eigenvalue weighted by Gasteiger charge is 2.36. The quantitative estimate of drug-likeness (QED) is 0.930. The number of carbonyl (C=O) groups is 1. The maximum Gasteiger partial charge on any atom is 0.249 e. The van der Waals surface area contributed by atoms with Crippen LogP contribution >= 0.6 is 0 Å². The molecule has 0 bridgehead atoms. The minimum atomic E-state index is -0.528. The van der Waals surface area contributed by atoms with Gasteiger partial charge in [-0.1, -0.05) is 6.42 Å². The number of carbonyl (C=O) groups excluding carboxylic acids is 1. The van der Waals surface area contributed by atoms with Crippen LogP contribution in [0.2, 0.25) is 0 Å². The van der Waals surface area contributed by atoms with Crippen molar-refractivity contribution in [3.05, 3.63) is 29.1 Å². The zero-order chi connectivity index (χ0) is 15.9. The van der Waals surface area contributed by atoms with Gasteiger partial charge < -0.3 is 10.5 Å². The van der Waals surface area contributed by atoms with E-state index in [0.29, 0.717) is 36.2 Å². The van der Waals surface area contributed by atoms with E-state index in [9.17, 15) is 9.18 Å². The molecule has 0 spiro atoms. The molecule has 1 amide bonds. The van der Waals surface area contributed by atoms with Crippen molar-refractivity contribution < 1.29 is 13.9 Å². The molecule has 0 aromatic heterocycles. The molecule has 1 aliphatic carbocycles. The first-order valence-electron chi connectivity index (χ1n) is 8.00. The fourth-order valence-electron chi connectivity index (χ4n) is 3.68. The number of rotatable bonds is 4. The Balaban J connectivity index is 1.91. The number of fused-ring (bicyclic) bond motifs is 1. The van der Waals surface area contributed by atoms with E-state index in [2.05, 4.69) is 18.7 Å². The number of primary amides is 1. The Hall–Kier alpha value is -1.62. The van der Waals surface area contributed by atoms with E-state index in [1.54, 1.807) is 0 Å². The Morgan fingerprint density at radius 3 is 2.64 bits per heavy atom. The summed E-state index contributed by atoms with van der Waals surface area (Å²) in [5.74, 6) is -0.747. The van der Waals surface area contributed by atoms with E-state index < -0.39 is 11.7 Å². The van der Waals surface area contributed by atoms with Gasteiger partial charge in [0.25, 0.3) is 0 Å². The number of nitrogens with two attached hydrogens (primary N) is 1. The van der Waals surface area contributed by atoms with Crippen molar-refractivity contribution in [1.29, 1.82) is 0 Å². The maximum absolute atomic E-state index is 13.9. The van der Waals surface area contributed by atoms with Gasteiger partial charge in [-0.3, -0.25) is 9.69 Å². The SMILES string of the molecule is CC(C)N(C1CCC1)C1COc2c(F)ccc(C(N)=O)c2C1. The second kappa shape index (κ2) is 5.88. The smallest absolute Gasteiger partial charge is 0.249 e. The van der Waals surface area contributed by atoms with Gasteiger partial charge >= 0.3 is 0 Å². The summed E-state index contributed by atoms with van der Waals surface area (Å²) in [6, 6.07) is 3.85. The topological polar surface area (TPSA) is 55.6 Å². The second-order valence-corrected chi connectivity index (χ2v) is 6.56. The Kier molecular flexibility index (Phi) is 4.08. The van der Waals surface area contributed by atoms with Crippen molar-refractivity contribution in [3.63, 3.8) is 0 Å². The van der Waals surface area contributed by atoms with E-state index in [4.69, 9.17) is 10.5 Å². The number of ether oxygens (including phenoxy) is 1. The molecule has 3 rings (SSSR count). The van der Waals surface area contributed by atoms with E-state index in [0.717, 1.165) is 0 Å². The summed E-state index contributed by atoms with van der Waals surface area (Å²) in [7, 11) is 0. The molecular weight excluding hydrogens is 283 g/mol. The third-order valence-electron chi connectivity index (χ3n) is 4.85. The van der Waals surface area contributed by atoms with Crippen LogP contribution in [0, 0.1) is 5.82 Å². The van der Waals surface area contributed by atoms with Crippen LogP contribution < -0.4 is 10.5 Å². The first-order chi connectivity index (χ1) is 10.5. The van der Waals surface area contributed by atoms with Crippen molar-refractivity contribution in [2.75, 3.05) is 6.61 Å². The van der Waals surface area contributed by atoms with E-state index >= 15 is 0 Å². The van der Waals surface area contributed by atoms with Crippen molar-refractivity contribution in [2.45, 2.75) is 57.7 Å². The predicted octanol–water partition coefficient (Wildman–Crippen LogP) is 2.49. The monoisotopic (exact) mass is 306 g/mol. The molecule has 0 radical (unpaired) electrons. The lowest BCUT2D eigenvalue weighted by Gasteiger charge is -2.46. The molecule has 1 atom stereocenters. The Morgan fingerprint density at radius 2 is 2.09 bits per heavy atom. The lowest BCUT2D eigenvalue weighted by Crippen LogP contribution is -2.54. The average Bonchev–Trinajstić information content (AvgIpc) is 2.41. The molecule has 1 aromatic rings. The van der Waals surface area contributed by atoms with E-state index in [-0.39, 0.29) is 11.8 Å². The third-order valence-corrected chi connectivity index (χ3v) is 4.85. The standard InChI is InChI=1S/C17H23FN2O2/c1-10(2)20(11-4-3-5-11)12-8-14-13(17(19)21)6-7-15(18)16(14)22-9-12/h6-7,10-12H,3-5,8-9H2,1-2H3,(H2,19,21). The van der Waals surface area contributed by atoms with Crippen molar-refractivity contribution >= 4 is 5.91 Å². The summed E-state index contributed by atoms with van der Waals surface area (Å²) in [5, 5.41) is 0. The van der Waals surface area contributed by atoms with Gasteiger partial charge in [-0.05, 0) is 45.2 Å². The largest absolute Gasteiger partial charge is 0.489 e. The molecule has 1 heterocycles. The molecule has 2 aliphatic rings. The maximum atomic E-state index is 13.9. The van der Waals surface area contributed by atoms with Gasteiger partial charge in [-0.25, -0.2) is 4.39 Å². The molecule has 120 valence electrons. The molecule has 1 aromatic carbocycles. The molecule has 1 fully saturated rings. The highest BCUT2D eigenvalue weighted by Crippen LogP contribution is 2.36. The molecule has 4 nitrogen and oxygen atoms in total. The fourth-order valence-corrected chi connectivity index (χ4v) is 3.68. The Morgan fingerprint density at radius 1 is 1.36 bits per heavy atom. The molecular formula is C17H23FN2O2. The van der Waals surface area contributed by atoms with Crippen molar-refractivity contribution in [2.24, 2.45) is 5.73 Å². The van der Waals surface area contributed by atoms with Crippen LogP contribution in [0.5, 0.6) is 5.75 Å². The Bertz CT molecular complexity index is 584. The molecule has 2 N–H and O–H groups in total. The molecule has 1 aliphatic heterocycles. The summed E-state index contributed by atoms with van der Waals surface area (Å²) in [4.78, 5) is 14.1. The van der Waals surface area contributed by atoms with Gasteiger partial charge in [-0.2, -0.15) is 0 Å². The van der Waals surface area contributed by atoms with Crippen LogP contribution in [0.3, 0.4) is 0 Å². The number of halogens is 1. The highest BCUT2D eigenvalue weighted by molar-refractivity contribution is 5.95. The van der Waals surface area contributed by atoms with Gasteiger partial charge in [0.05, 0.1) is 0 Å². The fraction of sp³-hybridized carbons (Fsp3) is 0.588. The first kappa shape index (κ1) is 15.3. The number of benzene rings is 1. The zero-order valence-corrected chi connectivity index (χ0v) is 13.1. The van der Waals surface area contributed by atoms with E-state index in [1.807, 2.05) is 0 Å². The summed E-state index contributed by atoms with van der Waals surface area (Å²) in [5.41, 5.74) is 6.43. The first-order valence-corrected chi connectivity index (χ1v) is 8.00. The summed E-state index contributed by atoms with van der Waals surface area (Å²) < 4.78 is 19.6. The minimum Gasteiger partial charge on any atom is -0.489 e. The van der Waals surface area contributed by atoms with Crippen molar-refractivity contribution in [1.82, 2.24) is 4.90 Å². The van der Waals surface area contributed by atoms with Crippen molar-refractivity contribution in [3.8, 4) is 5.75 Å². The second-order valence-electron chi connectivity index (χ2n) is 6.56.